The van der Waals surface area contributed by atoms with Crippen LogP contribution in [0.15, 0.2) is 18.2 Å². The molecule has 1 N–H and O–H groups in total. The van der Waals surface area contributed by atoms with E-state index in [0.717, 1.165) is 20.9 Å². The van der Waals surface area contributed by atoms with E-state index in [1.54, 1.807) is 0 Å². The monoisotopic (exact) mass is 198 g/mol. The molecule has 62 valence electrons. The number of hydrogen-bond donors (Lipinski definition) is 1. The van der Waals surface area contributed by atoms with Crippen molar-refractivity contribution >= 4 is 39.0 Å². The molecule has 0 atom stereocenters. The second-order valence-electron chi connectivity index (χ2n) is 2.42. The standard InChI is InChI=1S/C8H7ClN2S/c1-10-8-6-3-2-5(9)4-7(6)11-12-8/h2-4,10H,1H3. The van der Waals surface area contributed by atoms with E-state index < -0.39 is 0 Å². The van der Waals surface area contributed by atoms with Crippen LogP contribution in [-0.2, 0) is 0 Å². The minimum atomic E-state index is 0.732. The van der Waals surface area contributed by atoms with Crippen LogP contribution in [0.4, 0.5) is 5.00 Å². The van der Waals surface area contributed by atoms with E-state index in [-0.39, 0.29) is 0 Å². The third-order valence-corrected chi connectivity index (χ3v) is 2.80. The van der Waals surface area contributed by atoms with Gasteiger partial charge in [0.25, 0.3) is 0 Å². The topological polar surface area (TPSA) is 24.9 Å². The highest BCUT2D eigenvalue weighted by molar-refractivity contribution is 7.11. The Balaban J connectivity index is 2.73. The molecule has 0 spiro atoms. The van der Waals surface area contributed by atoms with Crippen molar-refractivity contribution in [3.63, 3.8) is 0 Å². The highest BCUT2D eigenvalue weighted by atomic mass is 35.5. The molecular formula is C8H7ClN2S. The van der Waals surface area contributed by atoms with E-state index in [4.69, 9.17) is 11.6 Å². The van der Waals surface area contributed by atoms with Gasteiger partial charge < -0.3 is 5.32 Å². The number of aromatic nitrogens is 1. The maximum atomic E-state index is 5.82. The average Bonchev–Trinajstić information content (AvgIpc) is 2.46. The molecule has 4 heteroatoms. The number of fused-ring (bicyclic) bond motifs is 1. The fourth-order valence-electron chi connectivity index (χ4n) is 1.10. The molecule has 12 heavy (non-hydrogen) atoms. The lowest BCUT2D eigenvalue weighted by molar-refractivity contribution is 1.61. The Labute approximate surface area is 79.3 Å². The molecule has 1 heterocycles. The van der Waals surface area contributed by atoms with Gasteiger partial charge in [-0.2, -0.15) is 4.37 Å². The highest BCUT2D eigenvalue weighted by Gasteiger charge is 2.03. The lowest BCUT2D eigenvalue weighted by Crippen LogP contribution is -1.82. The van der Waals surface area contributed by atoms with Crippen molar-refractivity contribution in [3.05, 3.63) is 23.2 Å². The van der Waals surface area contributed by atoms with Crippen molar-refractivity contribution in [2.75, 3.05) is 12.4 Å². The van der Waals surface area contributed by atoms with Crippen molar-refractivity contribution in [1.82, 2.24) is 4.37 Å². The van der Waals surface area contributed by atoms with Crippen LogP contribution < -0.4 is 5.32 Å². The van der Waals surface area contributed by atoms with Crippen LogP contribution in [0.5, 0.6) is 0 Å². The summed E-state index contributed by atoms with van der Waals surface area (Å²) in [6.45, 7) is 0. The van der Waals surface area contributed by atoms with Crippen molar-refractivity contribution < 1.29 is 0 Å². The zero-order valence-electron chi connectivity index (χ0n) is 6.47. The summed E-state index contributed by atoms with van der Waals surface area (Å²) in [5.41, 5.74) is 0.955. The second kappa shape index (κ2) is 2.92. The molecule has 0 saturated heterocycles. The molecule has 0 saturated carbocycles. The molecule has 0 aliphatic carbocycles. The van der Waals surface area contributed by atoms with Crippen LogP contribution >= 0.6 is 23.1 Å². The van der Waals surface area contributed by atoms with Gasteiger partial charge in [-0.05, 0) is 29.7 Å². The molecule has 2 aromatic rings. The zero-order valence-corrected chi connectivity index (χ0v) is 8.04. The molecule has 0 radical (unpaired) electrons. The molecular weight excluding hydrogens is 192 g/mol. The maximum absolute atomic E-state index is 5.82. The minimum absolute atomic E-state index is 0.732. The van der Waals surface area contributed by atoms with Gasteiger partial charge in [0.15, 0.2) is 0 Å². The van der Waals surface area contributed by atoms with Crippen molar-refractivity contribution in [1.29, 1.82) is 0 Å². The van der Waals surface area contributed by atoms with Crippen molar-refractivity contribution in [2.24, 2.45) is 0 Å². The Hall–Kier alpha value is -0.800. The minimum Gasteiger partial charge on any atom is -0.378 e. The lowest BCUT2D eigenvalue weighted by Gasteiger charge is -1.93. The van der Waals surface area contributed by atoms with Gasteiger partial charge in [-0.25, -0.2) is 0 Å². The first-order valence-electron chi connectivity index (χ1n) is 3.54. The van der Waals surface area contributed by atoms with E-state index in [9.17, 15) is 0 Å². The molecule has 2 nitrogen and oxygen atoms in total. The third kappa shape index (κ3) is 1.15. The number of nitrogens with one attached hydrogen (secondary N) is 1. The summed E-state index contributed by atoms with van der Waals surface area (Å²) in [5.74, 6) is 0. The number of nitrogens with zero attached hydrogens (tertiary/aromatic N) is 1. The van der Waals surface area contributed by atoms with Gasteiger partial charge in [0, 0.05) is 17.5 Å². The van der Waals surface area contributed by atoms with Crippen LogP contribution in [0.25, 0.3) is 10.9 Å². The Bertz CT molecular complexity index is 410. The second-order valence-corrected chi connectivity index (χ2v) is 3.63. The van der Waals surface area contributed by atoms with Crippen LogP contribution in [0.2, 0.25) is 5.02 Å². The summed E-state index contributed by atoms with van der Waals surface area (Å²) in [4.78, 5) is 0. The number of hydrogen-bond acceptors (Lipinski definition) is 3. The normalized spacial score (nSPS) is 10.5. The fraction of sp³-hybridized carbons (Fsp3) is 0.125. The fourth-order valence-corrected chi connectivity index (χ4v) is 1.97. The lowest BCUT2D eigenvalue weighted by atomic mass is 10.2. The van der Waals surface area contributed by atoms with Gasteiger partial charge in [-0.15, -0.1) is 0 Å². The summed E-state index contributed by atoms with van der Waals surface area (Å²) in [6, 6.07) is 5.72. The van der Waals surface area contributed by atoms with Crippen molar-refractivity contribution in [3.8, 4) is 0 Å². The molecule has 1 aromatic heterocycles. The molecule has 0 amide bonds. The smallest absolute Gasteiger partial charge is 0.117 e. The third-order valence-electron chi connectivity index (χ3n) is 1.67. The molecule has 0 aliphatic heterocycles. The summed E-state index contributed by atoms with van der Waals surface area (Å²) in [6.07, 6.45) is 0. The Morgan fingerprint density at radius 3 is 3.08 bits per heavy atom. The molecule has 0 unspecified atom stereocenters. The van der Waals surface area contributed by atoms with Gasteiger partial charge in [0.1, 0.15) is 5.00 Å². The molecule has 0 aliphatic rings. The van der Waals surface area contributed by atoms with E-state index in [1.165, 1.54) is 11.5 Å². The molecule has 0 bridgehead atoms. The van der Waals surface area contributed by atoms with E-state index in [1.807, 2.05) is 25.2 Å². The predicted octanol–water partition coefficient (Wildman–Crippen LogP) is 2.99. The Morgan fingerprint density at radius 1 is 1.50 bits per heavy atom. The first kappa shape index (κ1) is 7.83. The molecule has 1 aromatic carbocycles. The summed E-state index contributed by atoms with van der Waals surface area (Å²) >= 11 is 7.27. The van der Waals surface area contributed by atoms with Gasteiger partial charge in [0.05, 0.1) is 5.52 Å². The quantitative estimate of drug-likeness (QED) is 0.762. The highest BCUT2D eigenvalue weighted by Crippen LogP contribution is 2.28. The van der Waals surface area contributed by atoms with E-state index >= 15 is 0 Å². The summed E-state index contributed by atoms with van der Waals surface area (Å²) in [5, 5.41) is 6.03. The number of benzene rings is 1. The zero-order chi connectivity index (χ0) is 8.55. The van der Waals surface area contributed by atoms with Crippen LogP contribution in [0, 0.1) is 0 Å². The number of rotatable bonds is 1. The predicted molar refractivity (Wildman–Crippen MR) is 54.2 cm³/mol. The van der Waals surface area contributed by atoms with Gasteiger partial charge in [-0.3, -0.25) is 0 Å². The van der Waals surface area contributed by atoms with Crippen LogP contribution in [0.1, 0.15) is 0 Å². The number of halogens is 1. The Kier molecular flexibility index (Phi) is 1.90. The summed E-state index contributed by atoms with van der Waals surface area (Å²) in [7, 11) is 1.89. The van der Waals surface area contributed by atoms with Gasteiger partial charge in [-0.1, -0.05) is 11.6 Å². The number of anilines is 1. The van der Waals surface area contributed by atoms with Gasteiger partial charge >= 0.3 is 0 Å². The largest absolute Gasteiger partial charge is 0.378 e. The van der Waals surface area contributed by atoms with Gasteiger partial charge in [0.2, 0.25) is 0 Å². The van der Waals surface area contributed by atoms with E-state index in [0.29, 0.717) is 0 Å². The Morgan fingerprint density at radius 2 is 2.33 bits per heavy atom. The van der Waals surface area contributed by atoms with E-state index in [2.05, 4.69) is 9.69 Å². The average molecular weight is 199 g/mol. The first-order chi connectivity index (χ1) is 5.81. The first-order valence-corrected chi connectivity index (χ1v) is 4.69. The van der Waals surface area contributed by atoms with Crippen LogP contribution in [0.3, 0.4) is 0 Å². The molecule has 2 rings (SSSR count). The molecule has 0 fully saturated rings. The van der Waals surface area contributed by atoms with Crippen LogP contribution in [-0.4, -0.2) is 11.4 Å². The van der Waals surface area contributed by atoms with Crippen molar-refractivity contribution in [2.45, 2.75) is 0 Å². The SMILES string of the molecule is CNc1snc2cc(Cl)ccc12. The summed E-state index contributed by atoms with van der Waals surface area (Å²) < 4.78 is 4.25. The maximum Gasteiger partial charge on any atom is 0.117 e.